The maximum Gasteiger partial charge on any atom is 0.185 e. The number of carbonyl (C=O) groups excluding carboxylic acids is 1. The topological polar surface area (TPSA) is 68.9 Å². The molecule has 0 bridgehead atoms. The maximum atomic E-state index is 14.3. The number of ketones is 1. The van der Waals surface area contributed by atoms with Crippen LogP contribution in [0, 0.1) is 24.5 Å². The van der Waals surface area contributed by atoms with Gasteiger partial charge < -0.3 is 5.73 Å². The average Bonchev–Trinajstić information content (AvgIpc) is 2.74. The van der Waals surface area contributed by atoms with Gasteiger partial charge in [-0.15, -0.1) is 0 Å². The number of hydrogen-bond donors (Lipinski definition) is 1. The molecular weight excluding hydrogens is 408 g/mol. The van der Waals surface area contributed by atoms with Crippen molar-refractivity contribution in [3.8, 4) is 11.3 Å². The first-order valence-corrected chi connectivity index (χ1v) is 11.0. The number of nitrogens with zero attached hydrogens (tertiary/aromatic N) is 2. The molecule has 2 heterocycles. The molecule has 6 heteroatoms. The van der Waals surface area contributed by atoms with Crippen molar-refractivity contribution in [2.45, 2.75) is 51.5 Å². The first-order valence-electron chi connectivity index (χ1n) is 11.0. The van der Waals surface area contributed by atoms with Gasteiger partial charge in [-0.1, -0.05) is 19.1 Å². The van der Waals surface area contributed by atoms with Gasteiger partial charge in [0.05, 0.1) is 11.3 Å². The third-order valence-electron chi connectivity index (χ3n) is 6.29. The minimum Gasteiger partial charge on any atom is -0.328 e. The zero-order valence-electron chi connectivity index (χ0n) is 18.3. The first-order chi connectivity index (χ1) is 15.3. The van der Waals surface area contributed by atoms with Crippen molar-refractivity contribution in [3.63, 3.8) is 0 Å². The zero-order chi connectivity index (χ0) is 22.8. The van der Waals surface area contributed by atoms with E-state index in [1.165, 1.54) is 18.2 Å². The van der Waals surface area contributed by atoms with E-state index in [0.717, 1.165) is 30.4 Å². The molecule has 0 saturated heterocycles. The molecule has 0 spiro atoms. The average molecular weight is 436 g/mol. The predicted molar refractivity (Wildman–Crippen MR) is 120 cm³/mol. The van der Waals surface area contributed by atoms with Crippen molar-refractivity contribution in [2.24, 2.45) is 11.7 Å². The van der Waals surface area contributed by atoms with Crippen LogP contribution >= 0.6 is 0 Å². The van der Waals surface area contributed by atoms with Crippen LogP contribution in [0.15, 0.2) is 48.8 Å². The Morgan fingerprint density at radius 1 is 1.09 bits per heavy atom. The number of aryl methyl sites for hydroxylation is 1. The van der Waals surface area contributed by atoms with Crippen LogP contribution < -0.4 is 5.73 Å². The summed E-state index contributed by atoms with van der Waals surface area (Å²) in [6.45, 7) is 3.92. The summed E-state index contributed by atoms with van der Waals surface area (Å²) in [5, 5.41) is 0. The van der Waals surface area contributed by atoms with Crippen molar-refractivity contribution < 1.29 is 13.6 Å². The van der Waals surface area contributed by atoms with Crippen LogP contribution in [0.2, 0.25) is 0 Å². The number of hydrogen-bond acceptors (Lipinski definition) is 4. The second-order valence-electron chi connectivity index (χ2n) is 8.90. The number of nitrogens with two attached hydrogens (primary N) is 1. The van der Waals surface area contributed by atoms with E-state index in [4.69, 9.17) is 5.73 Å². The van der Waals surface area contributed by atoms with Crippen molar-refractivity contribution in [1.29, 1.82) is 0 Å². The molecule has 0 radical (unpaired) electrons. The van der Waals surface area contributed by atoms with Crippen LogP contribution in [-0.4, -0.2) is 21.8 Å². The lowest BCUT2D eigenvalue weighted by Gasteiger charge is -2.32. The fourth-order valence-corrected chi connectivity index (χ4v) is 4.82. The molecule has 1 fully saturated rings. The van der Waals surface area contributed by atoms with Gasteiger partial charge in [0.25, 0.3) is 0 Å². The number of halogens is 2. The monoisotopic (exact) mass is 435 g/mol. The number of pyridine rings is 2. The van der Waals surface area contributed by atoms with Gasteiger partial charge in [0.2, 0.25) is 0 Å². The summed E-state index contributed by atoms with van der Waals surface area (Å²) in [5.74, 6) is -0.818. The predicted octanol–water partition coefficient (Wildman–Crippen LogP) is 5.39. The van der Waals surface area contributed by atoms with Crippen molar-refractivity contribution in [3.05, 3.63) is 82.8 Å². The van der Waals surface area contributed by atoms with Crippen LogP contribution in [0.1, 0.15) is 59.3 Å². The highest BCUT2D eigenvalue weighted by molar-refractivity contribution is 5.96. The lowest BCUT2D eigenvalue weighted by molar-refractivity contribution is 0.0987. The summed E-state index contributed by atoms with van der Waals surface area (Å²) < 4.78 is 28.7. The van der Waals surface area contributed by atoms with Crippen molar-refractivity contribution >= 4 is 5.78 Å². The molecule has 1 aliphatic carbocycles. The van der Waals surface area contributed by atoms with Gasteiger partial charge in [0, 0.05) is 24.9 Å². The summed E-state index contributed by atoms with van der Waals surface area (Å²) in [7, 11) is 0. The molecule has 1 aliphatic rings. The van der Waals surface area contributed by atoms with E-state index in [2.05, 4.69) is 16.9 Å². The summed E-state index contributed by atoms with van der Waals surface area (Å²) in [4.78, 5) is 21.7. The molecule has 1 saturated carbocycles. The summed E-state index contributed by atoms with van der Waals surface area (Å²) >= 11 is 0. The Labute approximate surface area is 186 Å². The van der Waals surface area contributed by atoms with Crippen LogP contribution in [0.4, 0.5) is 8.78 Å². The third-order valence-corrected chi connectivity index (χ3v) is 6.29. The molecule has 3 atom stereocenters. The quantitative estimate of drug-likeness (QED) is 0.546. The molecule has 2 aromatic heterocycles. The van der Waals surface area contributed by atoms with E-state index in [1.807, 2.05) is 6.07 Å². The van der Waals surface area contributed by atoms with E-state index >= 15 is 0 Å². The highest BCUT2D eigenvalue weighted by Gasteiger charge is 2.27. The zero-order valence-corrected chi connectivity index (χ0v) is 18.3. The largest absolute Gasteiger partial charge is 0.328 e. The SMILES string of the molecule is Cc1ccc(C(=O)Cc2cnccc2[C@@H]2C[C@H](C)C[C@H](N)C2)nc1-c1c(F)cccc1F. The molecule has 166 valence electrons. The Morgan fingerprint density at radius 3 is 2.56 bits per heavy atom. The Morgan fingerprint density at radius 2 is 1.84 bits per heavy atom. The normalized spacial score (nSPS) is 20.8. The van der Waals surface area contributed by atoms with E-state index in [0.29, 0.717) is 11.5 Å². The highest BCUT2D eigenvalue weighted by atomic mass is 19.1. The van der Waals surface area contributed by atoms with Gasteiger partial charge in [-0.25, -0.2) is 13.8 Å². The Balaban J connectivity index is 1.64. The maximum absolute atomic E-state index is 14.3. The molecule has 0 amide bonds. The van der Waals surface area contributed by atoms with Gasteiger partial charge >= 0.3 is 0 Å². The fraction of sp³-hybridized carbons (Fsp3) is 0.346. The molecule has 3 aromatic rings. The highest BCUT2D eigenvalue weighted by Crippen LogP contribution is 2.37. The third kappa shape index (κ3) is 4.60. The molecule has 4 nitrogen and oxygen atoms in total. The molecular formula is C26H27F2N3O. The number of benzene rings is 1. The van der Waals surface area contributed by atoms with Gasteiger partial charge in [0.1, 0.15) is 17.3 Å². The first kappa shape index (κ1) is 22.2. The van der Waals surface area contributed by atoms with Crippen molar-refractivity contribution in [1.82, 2.24) is 9.97 Å². The van der Waals surface area contributed by atoms with Gasteiger partial charge in [-0.3, -0.25) is 9.78 Å². The van der Waals surface area contributed by atoms with Gasteiger partial charge in [-0.05, 0) is 79.0 Å². The Kier molecular flexibility index (Phi) is 6.42. The molecule has 32 heavy (non-hydrogen) atoms. The summed E-state index contributed by atoms with van der Waals surface area (Å²) in [5.41, 5.74) is 8.90. The standard InChI is InChI=1S/C26H27F2N3O/c1-15-10-17(12-19(29)11-15)20-8-9-30-14-18(20)13-24(32)23-7-6-16(2)26(31-23)25-21(27)4-3-5-22(25)28/h3-9,14-15,17,19H,10-13,29H2,1-2H3/t15-,17+,19-/m0/s1. The smallest absolute Gasteiger partial charge is 0.185 e. The number of aromatic nitrogens is 2. The number of rotatable bonds is 5. The summed E-state index contributed by atoms with van der Waals surface area (Å²) in [6.07, 6.45) is 6.52. The van der Waals surface area contributed by atoms with Crippen LogP contribution in [0.5, 0.6) is 0 Å². The molecule has 4 rings (SSSR count). The number of Topliss-reactive ketones (excluding diaryl/α,β-unsaturated/α-hetero) is 1. The minimum absolute atomic E-state index is 0.124. The molecule has 1 aromatic carbocycles. The van der Waals surface area contributed by atoms with Crippen molar-refractivity contribution in [2.75, 3.05) is 0 Å². The Hall–Kier alpha value is -2.99. The molecule has 0 aliphatic heterocycles. The lowest BCUT2D eigenvalue weighted by atomic mass is 9.75. The van der Waals surface area contributed by atoms with Gasteiger partial charge in [0.15, 0.2) is 5.78 Å². The van der Waals surface area contributed by atoms with Gasteiger partial charge in [-0.2, -0.15) is 0 Å². The van der Waals surface area contributed by atoms with Crippen LogP contribution in [0.3, 0.4) is 0 Å². The minimum atomic E-state index is -0.706. The van der Waals surface area contributed by atoms with E-state index < -0.39 is 11.6 Å². The fourth-order valence-electron chi connectivity index (χ4n) is 4.82. The second kappa shape index (κ2) is 9.25. The number of carbonyl (C=O) groups is 1. The summed E-state index contributed by atoms with van der Waals surface area (Å²) in [6, 6.07) is 9.08. The van der Waals surface area contributed by atoms with E-state index in [-0.39, 0.29) is 41.1 Å². The van der Waals surface area contributed by atoms with E-state index in [1.54, 1.807) is 31.5 Å². The van der Waals surface area contributed by atoms with E-state index in [9.17, 15) is 13.6 Å². The lowest BCUT2D eigenvalue weighted by Crippen LogP contribution is -2.31. The molecule has 0 unspecified atom stereocenters. The Bertz CT molecular complexity index is 1120. The second-order valence-corrected chi connectivity index (χ2v) is 8.90. The van der Waals surface area contributed by atoms with Crippen LogP contribution in [0.25, 0.3) is 11.3 Å². The molecule has 2 N–H and O–H groups in total. The van der Waals surface area contributed by atoms with Crippen LogP contribution in [-0.2, 0) is 6.42 Å².